The van der Waals surface area contributed by atoms with Gasteiger partial charge in [0.1, 0.15) is 11.6 Å². The lowest BCUT2D eigenvalue weighted by Crippen LogP contribution is -2.25. The Bertz CT molecular complexity index is 1040. The van der Waals surface area contributed by atoms with E-state index < -0.39 is 10.0 Å². The second-order valence-electron chi connectivity index (χ2n) is 5.84. The Balaban J connectivity index is 1.67. The van der Waals surface area contributed by atoms with Gasteiger partial charge in [0.05, 0.1) is 11.4 Å². The Kier molecular flexibility index (Phi) is 6.71. The Morgan fingerprint density at radius 3 is 2.43 bits per heavy atom. The van der Waals surface area contributed by atoms with Crippen LogP contribution in [-0.4, -0.2) is 23.2 Å². The highest BCUT2D eigenvalue weighted by Crippen LogP contribution is 2.22. The van der Waals surface area contributed by atoms with Gasteiger partial charge in [-0.2, -0.15) is 0 Å². The molecule has 0 atom stereocenters. The summed E-state index contributed by atoms with van der Waals surface area (Å²) < 4.78 is 42.2. The van der Waals surface area contributed by atoms with Crippen LogP contribution in [0, 0.1) is 5.82 Å². The minimum atomic E-state index is -3.68. The summed E-state index contributed by atoms with van der Waals surface area (Å²) in [7, 11) is -3.68. The Hall–Kier alpha value is -1.94. The van der Waals surface area contributed by atoms with Gasteiger partial charge in [-0.15, -0.1) is 10.2 Å². The molecule has 2 aromatic carbocycles. The first-order chi connectivity index (χ1) is 13.4. The van der Waals surface area contributed by atoms with Gasteiger partial charge in [0.2, 0.25) is 10.0 Å². The smallest absolute Gasteiger partial charge is 0.240 e. The van der Waals surface area contributed by atoms with Crippen LogP contribution in [0.15, 0.2) is 58.6 Å². The van der Waals surface area contributed by atoms with E-state index >= 15 is 0 Å². The van der Waals surface area contributed by atoms with Crippen LogP contribution in [0.25, 0.3) is 0 Å². The molecule has 1 aromatic heterocycles. The molecule has 0 aliphatic rings. The van der Waals surface area contributed by atoms with E-state index in [1.807, 2.05) is 11.5 Å². The summed E-state index contributed by atoms with van der Waals surface area (Å²) >= 11 is 7.26. The standard InChI is InChI=1S/C18H18ClFN4O2S2/c1-2-24-17(11-21-28(25,26)16-9-5-14(19)6-10-16)22-23-18(24)27-12-13-3-7-15(20)8-4-13/h3-10,21H,2,11-12H2,1H3. The molecule has 0 saturated carbocycles. The lowest BCUT2D eigenvalue weighted by atomic mass is 10.2. The molecule has 0 unspecified atom stereocenters. The van der Waals surface area contributed by atoms with E-state index in [0.717, 1.165) is 5.56 Å². The summed E-state index contributed by atoms with van der Waals surface area (Å²) in [6.45, 7) is 2.54. The largest absolute Gasteiger partial charge is 0.305 e. The van der Waals surface area contributed by atoms with Gasteiger partial charge in [0, 0.05) is 17.3 Å². The van der Waals surface area contributed by atoms with Crippen LogP contribution >= 0.6 is 23.4 Å². The van der Waals surface area contributed by atoms with Crippen molar-refractivity contribution in [3.63, 3.8) is 0 Å². The first kappa shape index (κ1) is 20.8. The van der Waals surface area contributed by atoms with Crippen molar-refractivity contribution in [3.8, 4) is 0 Å². The number of thioether (sulfide) groups is 1. The number of hydrogen-bond donors (Lipinski definition) is 1. The molecule has 0 bridgehead atoms. The highest BCUT2D eigenvalue weighted by Gasteiger charge is 2.17. The molecular formula is C18H18ClFN4O2S2. The van der Waals surface area contributed by atoms with Crippen molar-refractivity contribution < 1.29 is 12.8 Å². The molecule has 148 valence electrons. The molecule has 10 heteroatoms. The van der Waals surface area contributed by atoms with Crippen LogP contribution < -0.4 is 4.72 Å². The SMILES string of the molecule is CCn1c(CNS(=O)(=O)c2ccc(Cl)cc2)nnc1SCc1ccc(F)cc1. The maximum atomic E-state index is 13.0. The molecule has 0 aliphatic heterocycles. The van der Waals surface area contributed by atoms with Crippen LogP contribution in [0.1, 0.15) is 18.3 Å². The summed E-state index contributed by atoms with van der Waals surface area (Å²) in [5.74, 6) is 0.844. The van der Waals surface area contributed by atoms with Crippen molar-refractivity contribution in [2.45, 2.75) is 35.8 Å². The summed E-state index contributed by atoms with van der Waals surface area (Å²) in [5.41, 5.74) is 0.960. The second kappa shape index (κ2) is 9.04. The monoisotopic (exact) mass is 440 g/mol. The molecule has 3 rings (SSSR count). The Morgan fingerprint density at radius 1 is 1.11 bits per heavy atom. The van der Waals surface area contributed by atoms with Crippen LogP contribution in [0.3, 0.4) is 0 Å². The molecule has 0 aliphatic carbocycles. The first-order valence-electron chi connectivity index (χ1n) is 8.43. The molecule has 0 saturated heterocycles. The molecule has 0 spiro atoms. The normalized spacial score (nSPS) is 11.7. The molecule has 6 nitrogen and oxygen atoms in total. The van der Waals surface area contributed by atoms with Gasteiger partial charge in [-0.1, -0.05) is 35.5 Å². The number of hydrogen-bond acceptors (Lipinski definition) is 5. The van der Waals surface area contributed by atoms with Crippen molar-refractivity contribution in [3.05, 3.63) is 70.8 Å². The van der Waals surface area contributed by atoms with Crippen LogP contribution in [0.2, 0.25) is 5.02 Å². The summed E-state index contributed by atoms with van der Waals surface area (Å²) in [6.07, 6.45) is 0. The third-order valence-electron chi connectivity index (χ3n) is 3.94. The Morgan fingerprint density at radius 2 is 1.79 bits per heavy atom. The van der Waals surface area contributed by atoms with Crippen LogP contribution in [-0.2, 0) is 28.9 Å². The molecular weight excluding hydrogens is 423 g/mol. The number of rotatable bonds is 8. The van der Waals surface area contributed by atoms with Gasteiger partial charge in [-0.25, -0.2) is 17.5 Å². The zero-order chi connectivity index (χ0) is 20.1. The minimum Gasteiger partial charge on any atom is -0.305 e. The fourth-order valence-electron chi connectivity index (χ4n) is 2.46. The summed E-state index contributed by atoms with van der Waals surface area (Å²) in [4.78, 5) is 0.130. The molecule has 1 heterocycles. The quantitative estimate of drug-likeness (QED) is 0.538. The Labute approximate surface area is 172 Å². The van der Waals surface area contributed by atoms with Gasteiger partial charge >= 0.3 is 0 Å². The third-order valence-corrected chi connectivity index (χ3v) is 6.64. The number of nitrogens with one attached hydrogen (secondary N) is 1. The van der Waals surface area contributed by atoms with E-state index in [1.54, 1.807) is 12.1 Å². The van der Waals surface area contributed by atoms with Crippen molar-refractivity contribution >= 4 is 33.4 Å². The van der Waals surface area contributed by atoms with E-state index in [9.17, 15) is 12.8 Å². The zero-order valence-corrected chi connectivity index (χ0v) is 17.4. The van der Waals surface area contributed by atoms with Gasteiger partial charge in [0.15, 0.2) is 5.16 Å². The van der Waals surface area contributed by atoms with Crippen LogP contribution in [0.4, 0.5) is 4.39 Å². The van der Waals surface area contributed by atoms with Gasteiger partial charge in [-0.05, 0) is 48.9 Å². The van der Waals surface area contributed by atoms with E-state index in [0.29, 0.717) is 28.3 Å². The third kappa shape index (κ3) is 5.11. The fraction of sp³-hybridized carbons (Fsp3) is 0.222. The predicted molar refractivity (Wildman–Crippen MR) is 107 cm³/mol. The predicted octanol–water partition coefficient (Wildman–Crippen LogP) is 3.86. The molecule has 0 radical (unpaired) electrons. The summed E-state index contributed by atoms with van der Waals surface area (Å²) in [5, 5.41) is 9.40. The average Bonchev–Trinajstić information content (AvgIpc) is 3.08. The number of benzene rings is 2. The molecule has 0 amide bonds. The van der Waals surface area contributed by atoms with Crippen molar-refractivity contribution in [1.82, 2.24) is 19.5 Å². The molecule has 0 fully saturated rings. The van der Waals surface area contributed by atoms with E-state index in [4.69, 9.17) is 11.6 Å². The zero-order valence-electron chi connectivity index (χ0n) is 15.0. The van der Waals surface area contributed by atoms with Crippen molar-refractivity contribution in [2.24, 2.45) is 0 Å². The number of halogens is 2. The van der Waals surface area contributed by atoms with Gasteiger partial charge in [0.25, 0.3) is 0 Å². The second-order valence-corrected chi connectivity index (χ2v) is 8.98. The maximum absolute atomic E-state index is 13.0. The topological polar surface area (TPSA) is 76.9 Å². The number of nitrogens with zero attached hydrogens (tertiary/aromatic N) is 3. The van der Waals surface area contributed by atoms with Gasteiger partial charge < -0.3 is 4.57 Å². The van der Waals surface area contributed by atoms with Gasteiger partial charge in [-0.3, -0.25) is 0 Å². The molecule has 1 N–H and O–H groups in total. The highest BCUT2D eigenvalue weighted by molar-refractivity contribution is 7.98. The average molecular weight is 441 g/mol. The lowest BCUT2D eigenvalue weighted by molar-refractivity contribution is 0.572. The van der Waals surface area contributed by atoms with Crippen molar-refractivity contribution in [1.29, 1.82) is 0 Å². The molecule has 28 heavy (non-hydrogen) atoms. The first-order valence-corrected chi connectivity index (χ1v) is 11.3. The van der Waals surface area contributed by atoms with E-state index in [1.165, 1.54) is 48.2 Å². The van der Waals surface area contributed by atoms with E-state index in [-0.39, 0.29) is 17.3 Å². The maximum Gasteiger partial charge on any atom is 0.240 e. The number of aromatic nitrogens is 3. The lowest BCUT2D eigenvalue weighted by Gasteiger charge is -2.09. The minimum absolute atomic E-state index is 0.0168. The summed E-state index contributed by atoms with van der Waals surface area (Å²) in [6, 6.07) is 12.2. The van der Waals surface area contributed by atoms with Crippen molar-refractivity contribution in [2.75, 3.05) is 0 Å². The fourth-order valence-corrected chi connectivity index (χ4v) is 4.54. The van der Waals surface area contributed by atoms with E-state index in [2.05, 4.69) is 14.9 Å². The van der Waals surface area contributed by atoms with Crippen LogP contribution in [0.5, 0.6) is 0 Å². The number of sulfonamides is 1. The highest BCUT2D eigenvalue weighted by atomic mass is 35.5. The molecule has 3 aromatic rings.